The lowest BCUT2D eigenvalue weighted by Gasteiger charge is -2.23. The molecular weight excluding hydrogens is 369 g/mol. The Morgan fingerprint density at radius 2 is 2.08 bits per heavy atom. The van der Waals surface area contributed by atoms with E-state index in [4.69, 9.17) is 0 Å². The Kier molecular flexibility index (Phi) is 9.13. The van der Waals surface area contributed by atoms with Gasteiger partial charge in [-0.1, -0.05) is 23.9 Å². The zero-order valence-corrected chi connectivity index (χ0v) is 15.5. The van der Waals surface area contributed by atoms with Crippen LogP contribution in [0.25, 0.3) is 0 Å². The number of amides is 1. The van der Waals surface area contributed by atoms with Crippen LogP contribution in [-0.2, 0) is 5.75 Å². The number of piperidine rings is 1. The quantitative estimate of drug-likeness (QED) is 0.683. The fourth-order valence-electron chi connectivity index (χ4n) is 2.41. The summed E-state index contributed by atoms with van der Waals surface area (Å²) < 4.78 is 0. The number of aromatic nitrogens is 3. The molecule has 9 heteroatoms. The summed E-state index contributed by atoms with van der Waals surface area (Å²) in [6, 6.07) is 7.96. The maximum Gasteiger partial charge on any atom is 0.251 e. The summed E-state index contributed by atoms with van der Waals surface area (Å²) in [4.78, 5) is 16.3. The SMILES string of the molecule is Cl.Cl.O=C(NC1CCCNC1)c1ccc(CSc2ncn[nH]2)cc1. The summed E-state index contributed by atoms with van der Waals surface area (Å²) >= 11 is 1.58. The van der Waals surface area contributed by atoms with E-state index in [0.717, 1.165) is 42.4 Å². The first-order valence-electron chi connectivity index (χ1n) is 7.40. The molecule has 1 aliphatic rings. The molecule has 1 aliphatic heterocycles. The van der Waals surface area contributed by atoms with Gasteiger partial charge in [-0.2, -0.15) is 5.10 Å². The number of benzene rings is 1. The first-order chi connectivity index (χ1) is 10.8. The summed E-state index contributed by atoms with van der Waals surface area (Å²) in [5, 5.41) is 13.8. The number of thioether (sulfide) groups is 1. The van der Waals surface area contributed by atoms with Crippen molar-refractivity contribution in [1.82, 2.24) is 25.8 Å². The Hall–Kier alpha value is -1.28. The molecule has 1 saturated heterocycles. The topological polar surface area (TPSA) is 82.7 Å². The molecule has 1 amide bonds. The summed E-state index contributed by atoms with van der Waals surface area (Å²) in [5.74, 6) is 0.798. The van der Waals surface area contributed by atoms with Gasteiger partial charge in [-0.05, 0) is 37.1 Å². The molecule has 1 fully saturated rings. The number of nitrogens with zero attached hydrogens (tertiary/aromatic N) is 2. The Balaban J connectivity index is 0.00000144. The van der Waals surface area contributed by atoms with Crippen molar-refractivity contribution in [3.63, 3.8) is 0 Å². The molecule has 3 rings (SSSR count). The molecule has 6 nitrogen and oxygen atoms in total. The maximum atomic E-state index is 12.2. The molecule has 0 bridgehead atoms. The molecule has 3 N–H and O–H groups in total. The Labute approximate surface area is 157 Å². The van der Waals surface area contributed by atoms with E-state index in [0.29, 0.717) is 5.56 Å². The molecule has 2 heterocycles. The molecule has 1 unspecified atom stereocenters. The number of halogens is 2. The van der Waals surface area contributed by atoms with Gasteiger partial charge >= 0.3 is 0 Å². The highest BCUT2D eigenvalue weighted by Crippen LogP contribution is 2.18. The van der Waals surface area contributed by atoms with Gasteiger partial charge in [0.05, 0.1) is 0 Å². The summed E-state index contributed by atoms with van der Waals surface area (Å²) in [5.41, 5.74) is 1.86. The van der Waals surface area contributed by atoms with E-state index in [9.17, 15) is 4.79 Å². The van der Waals surface area contributed by atoms with Crippen LogP contribution in [0.5, 0.6) is 0 Å². The van der Waals surface area contributed by atoms with E-state index in [2.05, 4.69) is 25.8 Å². The second-order valence-corrected chi connectivity index (χ2v) is 6.26. The lowest BCUT2D eigenvalue weighted by Crippen LogP contribution is -2.45. The van der Waals surface area contributed by atoms with E-state index in [1.54, 1.807) is 11.8 Å². The summed E-state index contributed by atoms with van der Waals surface area (Å²) in [6.07, 6.45) is 3.66. The van der Waals surface area contributed by atoms with Gasteiger partial charge in [0.2, 0.25) is 0 Å². The lowest BCUT2D eigenvalue weighted by atomic mass is 10.1. The van der Waals surface area contributed by atoms with Crippen LogP contribution in [0.1, 0.15) is 28.8 Å². The predicted molar refractivity (Wildman–Crippen MR) is 100 cm³/mol. The minimum Gasteiger partial charge on any atom is -0.348 e. The summed E-state index contributed by atoms with van der Waals surface area (Å²) in [6.45, 7) is 1.90. The highest BCUT2D eigenvalue weighted by Gasteiger charge is 2.16. The van der Waals surface area contributed by atoms with Crippen molar-refractivity contribution in [3.05, 3.63) is 41.7 Å². The van der Waals surface area contributed by atoms with E-state index in [1.807, 2.05) is 24.3 Å². The summed E-state index contributed by atoms with van der Waals surface area (Å²) in [7, 11) is 0. The number of rotatable bonds is 5. The monoisotopic (exact) mass is 389 g/mol. The van der Waals surface area contributed by atoms with Crippen LogP contribution in [0, 0.1) is 0 Å². The highest BCUT2D eigenvalue weighted by molar-refractivity contribution is 7.98. The van der Waals surface area contributed by atoms with Crippen molar-refractivity contribution in [3.8, 4) is 0 Å². The van der Waals surface area contributed by atoms with Gasteiger partial charge < -0.3 is 10.6 Å². The van der Waals surface area contributed by atoms with Crippen molar-refractivity contribution in [2.75, 3.05) is 13.1 Å². The van der Waals surface area contributed by atoms with Crippen molar-refractivity contribution < 1.29 is 4.79 Å². The van der Waals surface area contributed by atoms with E-state index >= 15 is 0 Å². The fraction of sp³-hybridized carbons (Fsp3) is 0.400. The van der Waals surface area contributed by atoms with Crippen molar-refractivity contribution >= 4 is 42.5 Å². The van der Waals surface area contributed by atoms with Gasteiger partial charge in [0.25, 0.3) is 5.91 Å². The molecule has 24 heavy (non-hydrogen) atoms. The van der Waals surface area contributed by atoms with Crippen molar-refractivity contribution in [2.24, 2.45) is 0 Å². The van der Waals surface area contributed by atoms with E-state index in [-0.39, 0.29) is 36.8 Å². The molecular formula is C15H21Cl2N5OS. The number of H-pyrrole nitrogens is 1. The molecule has 0 saturated carbocycles. The average molecular weight is 390 g/mol. The van der Waals surface area contributed by atoms with E-state index in [1.165, 1.54) is 6.33 Å². The largest absolute Gasteiger partial charge is 0.348 e. The zero-order chi connectivity index (χ0) is 15.2. The molecule has 1 aromatic carbocycles. The molecule has 2 aromatic rings. The molecule has 0 aliphatic carbocycles. The van der Waals surface area contributed by atoms with Crippen LogP contribution in [0.4, 0.5) is 0 Å². The molecule has 1 atom stereocenters. The smallest absolute Gasteiger partial charge is 0.251 e. The third kappa shape index (κ3) is 5.98. The maximum absolute atomic E-state index is 12.2. The Morgan fingerprint density at radius 3 is 2.71 bits per heavy atom. The minimum absolute atomic E-state index is 0. The Morgan fingerprint density at radius 1 is 1.29 bits per heavy atom. The van der Waals surface area contributed by atoms with Gasteiger partial charge in [0.15, 0.2) is 5.16 Å². The standard InChI is InChI=1S/C15H19N5OS.2ClH/c21-14(19-13-2-1-7-16-8-13)12-5-3-11(4-6-12)9-22-15-17-10-18-20-15;;/h3-6,10,13,16H,1-2,7-9H2,(H,19,21)(H,17,18,20);2*1H. The zero-order valence-electron chi connectivity index (χ0n) is 13.0. The van der Waals surface area contributed by atoms with Crippen LogP contribution in [0.3, 0.4) is 0 Å². The van der Waals surface area contributed by atoms with Gasteiger partial charge in [0, 0.05) is 23.9 Å². The third-order valence-corrected chi connectivity index (χ3v) is 4.56. The number of hydrogen-bond donors (Lipinski definition) is 3. The molecule has 0 radical (unpaired) electrons. The van der Waals surface area contributed by atoms with Crippen LogP contribution < -0.4 is 10.6 Å². The highest BCUT2D eigenvalue weighted by atomic mass is 35.5. The lowest BCUT2D eigenvalue weighted by molar-refractivity contribution is 0.0930. The van der Waals surface area contributed by atoms with Gasteiger partial charge in [-0.3, -0.25) is 9.89 Å². The van der Waals surface area contributed by atoms with Crippen LogP contribution >= 0.6 is 36.6 Å². The fourth-order valence-corrected chi connectivity index (χ4v) is 3.15. The minimum atomic E-state index is 0. The van der Waals surface area contributed by atoms with Gasteiger partial charge in [0.1, 0.15) is 6.33 Å². The number of nitrogens with one attached hydrogen (secondary N) is 3. The average Bonchev–Trinajstić information content (AvgIpc) is 3.08. The number of carbonyl (C=O) groups is 1. The van der Waals surface area contributed by atoms with Crippen molar-refractivity contribution in [2.45, 2.75) is 29.8 Å². The third-order valence-electron chi connectivity index (χ3n) is 3.62. The van der Waals surface area contributed by atoms with Crippen LogP contribution in [0.15, 0.2) is 35.7 Å². The van der Waals surface area contributed by atoms with Crippen LogP contribution in [-0.4, -0.2) is 40.2 Å². The van der Waals surface area contributed by atoms with Gasteiger partial charge in [-0.15, -0.1) is 24.8 Å². The predicted octanol–water partition coefficient (Wildman–Crippen LogP) is 2.42. The first kappa shape index (κ1) is 20.8. The van der Waals surface area contributed by atoms with Crippen molar-refractivity contribution in [1.29, 1.82) is 0 Å². The molecule has 1 aromatic heterocycles. The first-order valence-corrected chi connectivity index (χ1v) is 8.38. The normalized spacial score (nSPS) is 16.6. The van der Waals surface area contributed by atoms with Gasteiger partial charge in [-0.25, -0.2) is 4.98 Å². The Bertz CT molecular complexity index is 603. The molecule has 0 spiro atoms. The number of carbonyl (C=O) groups excluding carboxylic acids is 1. The number of aromatic amines is 1. The van der Waals surface area contributed by atoms with Crippen LogP contribution in [0.2, 0.25) is 0 Å². The number of hydrogen-bond acceptors (Lipinski definition) is 5. The van der Waals surface area contributed by atoms with E-state index < -0.39 is 0 Å². The second-order valence-electron chi connectivity index (χ2n) is 5.29. The second kappa shape index (κ2) is 10.6. The molecule has 132 valence electrons.